The Morgan fingerprint density at radius 3 is 3.00 bits per heavy atom. The van der Waals surface area contributed by atoms with E-state index in [9.17, 15) is 0 Å². The van der Waals surface area contributed by atoms with Crippen LogP contribution in [0.25, 0.3) is 0 Å². The van der Waals surface area contributed by atoms with Gasteiger partial charge in [0.25, 0.3) is 0 Å². The zero-order valence-electron chi connectivity index (χ0n) is 11.7. The van der Waals surface area contributed by atoms with Gasteiger partial charge in [-0.2, -0.15) is 5.10 Å². The molecule has 1 aromatic rings. The Hall–Kier alpha value is -0.910. The SMILES string of the molecule is Cc1cc(COCC2CNCC(C)(C)O2)n(C)n1. The molecule has 1 atom stereocenters. The number of nitrogens with one attached hydrogen (secondary N) is 1. The monoisotopic (exact) mass is 253 g/mol. The molecule has 1 N–H and O–H groups in total. The first-order chi connectivity index (χ1) is 8.46. The summed E-state index contributed by atoms with van der Waals surface area (Å²) in [7, 11) is 1.94. The molecule has 2 rings (SSSR count). The van der Waals surface area contributed by atoms with Crippen molar-refractivity contribution in [2.24, 2.45) is 7.05 Å². The molecule has 0 aliphatic carbocycles. The van der Waals surface area contributed by atoms with Gasteiger partial charge in [-0.05, 0) is 26.8 Å². The number of aromatic nitrogens is 2. The summed E-state index contributed by atoms with van der Waals surface area (Å²) in [5.74, 6) is 0. The Balaban J connectivity index is 1.77. The standard InChI is InChI=1S/C13H23N3O2/c1-10-5-11(16(4)15-10)7-17-8-12-6-14-9-13(2,3)18-12/h5,12,14H,6-9H2,1-4H3. The molecule has 1 saturated heterocycles. The first-order valence-corrected chi connectivity index (χ1v) is 6.42. The minimum atomic E-state index is -0.102. The van der Waals surface area contributed by atoms with Crippen molar-refractivity contribution in [1.82, 2.24) is 15.1 Å². The summed E-state index contributed by atoms with van der Waals surface area (Å²) in [6, 6.07) is 2.05. The second-order valence-corrected chi connectivity index (χ2v) is 5.55. The lowest BCUT2D eigenvalue weighted by Crippen LogP contribution is -2.51. The molecule has 1 aromatic heterocycles. The van der Waals surface area contributed by atoms with Crippen LogP contribution in [-0.4, -0.2) is 41.2 Å². The molecule has 102 valence electrons. The maximum Gasteiger partial charge on any atom is 0.0940 e. The molecule has 5 nitrogen and oxygen atoms in total. The van der Waals surface area contributed by atoms with E-state index in [1.807, 2.05) is 24.7 Å². The van der Waals surface area contributed by atoms with E-state index >= 15 is 0 Å². The smallest absolute Gasteiger partial charge is 0.0940 e. The summed E-state index contributed by atoms with van der Waals surface area (Å²) in [5.41, 5.74) is 2.01. The van der Waals surface area contributed by atoms with Crippen molar-refractivity contribution in [3.63, 3.8) is 0 Å². The van der Waals surface area contributed by atoms with Crippen LogP contribution in [0.3, 0.4) is 0 Å². The Labute approximate surface area is 108 Å². The van der Waals surface area contributed by atoms with E-state index in [4.69, 9.17) is 9.47 Å². The number of morpholine rings is 1. The molecule has 1 aliphatic rings. The molecule has 1 aliphatic heterocycles. The number of aryl methyl sites for hydroxylation is 2. The van der Waals surface area contributed by atoms with Crippen LogP contribution >= 0.6 is 0 Å². The summed E-state index contributed by atoms with van der Waals surface area (Å²) in [4.78, 5) is 0. The Kier molecular flexibility index (Phi) is 4.04. The van der Waals surface area contributed by atoms with Crippen molar-refractivity contribution >= 4 is 0 Å². The van der Waals surface area contributed by atoms with Gasteiger partial charge in [-0.3, -0.25) is 4.68 Å². The summed E-state index contributed by atoms with van der Waals surface area (Å²) in [5, 5.41) is 7.66. The number of rotatable bonds is 4. The van der Waals surface area contributed by atoms with Gasteiger partial charge in [0.15, 0.2) is 0 Å². The summed E-state index contributed by atoms with van der Waals surface area (Å²) < 4.78 is 13.5. The van der Waals surface area contributed by atoms with Crippen molar-refractivity contribution in [2.75, 3.05) is 19.7 Å². The summed E-state index contributed by atoms with van der Waals surface area (Å²) in [6.45, 7) is 9.12. The first-order valence-electron chi connectivity index (χ1n) is 6.42. The molecule has 0 spiro atoms. The van der Waals surface area contributed by atoms with Gasteiger partial charge in [-0.1, -0.05) is 0 Å². The minimum absolute atomic E-state index is 0.102. The van der Waals surface area contributed by atoms with Crippen molar-refractivity contribution in [1.29, 1.82) is 0 Å². The van der Waals surface area contributed by atoms with Crippen molar-refractivity contribution in [3.05, 3.63) is 17.5 Å². The number of hydrogen-bond donors (Lipinski definition) is 1. The normalized spacial score (nSPS) is 23.2. The molecular formula is C13H23N3O2. The highest BCUT2D eigenvalue weighted by Gasteiger charge is 2.28. The van der Waals surface area contributed by atoms with E-state index in [-0.39, 0.29) is 11.7 Å². The number of nitrogens with zero attached hydrogens (tertiary/aromatic N) is 2. The Morgan fingerprint density at radius 1 is 1.61 bits per heavy atom. The first kappa shape index (κ1) is 13.5. The molecule has 5 heteroatoms. The molecular weight excluding hydrogens is 230 g/mol. The Bertz CT molecular complexity index is 401. The summed E-state index contributed by atoms with van der Waals surface area (Å²) >= 11 is 0. The van der Waals surface area contributed by atoms with E-state index in [2.05, 4.69) is 24.3 Å². The third-order valence-electron chi connectivity index (χ3n) is 3.06. The van der Waals surface area contributed by atoms with Gasteiger partial charge in [-0.15, -0.1) is 0 Å². The van der Waals surface area contributed by atoms with Gasteiger partial charge >= 0.3 is 0 Å². The highest BCUT2D eigenvalue weighted by atomic mass is 16.5. The molecule has 2 heterocycles. The average Bonchev–Trinajstić information content (AvgIpc) is 2.56. The van der Waals surface area contributed by atoms with Crippen LogP contribution in [0.5, 0.6) is 0 Å². The predicted octanol–water partition coefficient (Wildman–Crippen LogP) is 1.01. The third kappa shape index (κ3) is 3.54. The van der Waals surface area contributed by atoms with E-state index in [1.54, 1.807) is 0 Å². The van der Waals surface area contributed by atoms with E-state index in [0.29, 0.717) is 13.2 Å². The fourth-order valence-corrected chi connectivity index (χ4v) is 2.26. The highest BCUT2D eigenvalue weighted by Crippen LogP contribution is 2.15. The van der Waals surface area contributed by atoms with E-state index in [1.165, 1.54) is 0 Å². The molecule has 0 amide bonds. The molecule has 0 bridgehead atoms. The molecule has 18 heavy (non-hydrogen) atoms. The molecule has 0 saturated carbocycles. The van der Waals surface area contributed by atoms with Gasteiger partial charge in [0.1, 0.15) is 0 Å². The lowest BCUT2D eigenvalue weighted by molar-refractivity contribution is -0.122. The van der Waals surface area contributed by atoms with E-state index < -0.39 is 0 Å². The topological polar surface area (TPSA) is 48.3 Å². The van der Waals surface area contributed by atoms with Gasteiger partial charge in [0, 0.05) is 20.1 Å². The van der Waals surface area contributed by atoms with Gasteiger partial charge < -0.3 is 14.8 Å². The predicted molar refractivity (Wildman–Crippen MR) is 69.4 cm³/mol. The van der Waals surface area contributed by atoms with Crippen molar-refractivity contribution < 1.29 is 9.47 Å². The van der Waals surface area contributed by atoms with Crippen LogP contribution < -0.4 is 5.32 Å². The van der Waals surface area contributed by atoms with Crippen molar-refractivity contribution in [3.8, 4) is 0 Å². The van der Waals surface area contributed by atoms with Crippen LogP contribution in [0.2, 0.25) is 0 Å². The van der Waals surface area contributed by atoms with Crippen LogP contribution in [0, 0.1) is 6.92 Å². The van der Waals surface area contributed by atoms with Crippen LogP contribution in [0.1, 0.15) is 25.2 Å². The molecule has 1 unspecified atom stereocenters. The molecule has 0 radical (unpaired) electrons. The minimum Gasteiger partial charge on any atom is -0.372 e. The zero-order chi connectivity index (χ0) is 13.2. The quantitative estimate of drug-likeness (QED) is 0.870. The Morgan fingerprint density at radius 2 is 2.39 bits per heavy atom. The number of hydrogen-bond acceptors (Lipinski definition) is 4. The zero-order valence-corrected chi connectivity index (χ0v) is 11.7. The largest absolute Gasteiger partial charge is 0.372 e. The fourth-order valence-electron chi connectivity index (χ4n) is 2.26. The average molecular weight is 253 g/mol. The van der Waals surface area contributed by atoms with Gasteiger partial charge in [0.05, 0.1) is 36.3 Å². The van der Waals surface area contributed by atoms with E-state index in [0.717, 1.165) is 24.5 Å². The lowest BCUT2D eigenvalue weighted by Gasteiger charge is -2.36. The van der Waals surface area contributed by atoms with Crippen molar-refractivity contribution in [2.45, 2.75) is 39.1 Å². The second-order valence-electron chi connectivity index (χ2n) is 5.55. The third-order valence-corrected chi connectivity index (χ3v) is 3.06. The molecule has 0 aromatic carbocycles. The fraction of sp³-hybridized carbons (Fsp3) is 0.769. The summed E-state index contributed by atoms with van der Waals surface area (Å²) in [6.07, 6.45) is 0.128. The molecule has 1 fully saturated rings. The highest BCUT2D eigenvalue weighted by molar-refractivity contribution is 5.07. The maximum absolute atomic E-state index is 5.94. The van der Waals surface area contributed by atoms with Crippen LogP contribution in [-0.2, 0) is 23.1 Å². The van der Waals surface area contributed by atoms with Gasteiger partial charge in [-0.25, -0.2) is 0 Å². The maximum atomic E-state index is 5.94. The second kappa shape index (κ2) is 5.38. The van der Waals surface area contributed by atoms with Crippen LogP contribution in [0.4, 0.5) is 0 Å². The number of ether oxygens (including phenoxy) is 2. The van der Waals surface area contributed by atoms with Crippen LogP contribution in [0.15, 0.2) is 6.07 Å². The lowest BCUT2D eigenvalue weighted by atomic mass is 10.1. The van der Waals surface area contributed by atoms with Gasteiger partial charge in [0.2, 0.25) is 0 Å².